The first-order valence-corrected chi connectivity index (χ1v) is 8.46. The van der Waals surface area contributed by atoms with Crippen LogP contribution < -0.4 is 0 Å². The van der Waals surface area contributed by atoms with Gasteiger partial charge in [0.2, 0.25) is 10.0 Å². The second-order valence-electron chi connectivity index (χ2n) is 4.92. The molecule has 2 rings (SSSR count). The minimum absolute atomic E-state index is 0.0899. The topological polar surface area (TPSA) is 64.4 Å². The smallest absolute Gasteiger partial charge is 0.213 e. The predicted molar refractivity (Wildman–Crippen MR) is 77.4 cm³/mol. The highest BCUT2D eigenvalue weighted by Gasteiger charge is 2.29. The zero-order valence-electron chi connectivity index (χ0n) is 11.9. The van der Waals surface area contributed by atoms with Crippen LogP contribution in [0.4, 0.5) is 4.39 Å². The summed E-state index contributed by atoms with van der Waals surface area (Å²) in [5.74, 6) is -0.249. The molecule has 1 fully saturated rings. The molecular weight excluding hydrogens is 293 g/mol. The largest absolute Gasteiger partial charge is 0.282 e. The van der Waals surface area contributed by atoms with Crippen LogP contribution in [0.1, 0.15) is 18.5 Å². The Morgan fingerprint density at radius 1 is 1.24 bits per heavy atom. The fraction of sp³-hybridized carbons (Fsp3) is 0.500. The zero-order valence-corrected chi connectivity index (χ0v) is 12.7. The van der Waals surface area contributed by atoms with Crippen molar-refractivity contribution in [2.75, 3.05) is 31.9 Å². The monoisotopic (exact) mass is 311 g/mol. The van der Waals surface area contributed by atoms with E-state index in [2.05, 4.69) is 6.07 Å². The highest BCUT2D eigenvalue weighted by molar-refractivity contribution is 7.89. The molecule has 21 heavy (non-hydrogen) atoms. The number of rotatable bonds is 4. The zero-order chi connectivity index (χ0) is 15.5. The van der Waals surface area contributed by atoms with Crippen molar-refractivity contribution in [2.45, 2.75) is 13.0 Å². The molecule has 114 valence electrons. The summed E-state index contributed by atoms with van der Waals surface area (Å²) in [4.78, 5) is 1.93. The van der Waals surface area contributed by atoms with E-state index in [-0.39, 0.29) is 11.6 Å². The van der Waals surface area contributed by atoms with E-state index in [0.717, 1.165) is 5.56 Å². The number of hydrogen-bond acceptors (Lipinski definition) is 4. The van der Waals surface area contributed by atoms with E-state index in [1.54, 1.807) is 19.1 Å². The van der Waals surface area contributed by atoms with Crippen LogP contribution in [-0.4, -0.2) is 49.6 Å². The maximum atomic E-state index is 12.9. The Labute approximate surface area is 124 Å². The predicted octanol–water partition coefficient (Wildman–Crippen LogP) is 1.36. The average molecular weight is 311 g/mol. The Morgan fingerprint density at radius 3 is 2.29 bits per heavy atom. The van der Waals surface area contributed by atoms with Crippen molar-refractivity contribution >= 4 is 10.0 Å². The fourth-order valence-corrected chi connectivity index (χ4v) is 3.52. The van der Waals surface area contributed by atoms with Crippen molar-refractivity contribution in [1.82, 2.24) is 9.21 Å². The molecule has 0 spiro atoms. The molecule has 0 bridgehead atoms. The minimum Gasteiger partial charge on any atom is -0.282 e. The van der Waals surface area contributed by atoms with E-state index in [0.29, 0.717) is 26.2 Å². The minimum atomic E-state index is -3.17. The third-order valence-corrected chi connectivity index (χ3v) is 5.59. The Kier molecular flexibility index (Phi) is 4.93. The highest BCUT2D eigenvalue weighted by atomic mass is 32.2. The van der Waals surface area contributed by atoms with Gasteiger partial charge in [-0.05, 0) is 24.6 Å². The van der Waals surface area contributed by atoms with E-state index < -0.39 is 16.1 Å². The average Bonchev–Trinajstić information content (AvgIpc) is 2.50. The fourth-order valence-electron chi connectivity index (χ4n) is 2.43. The molecule has 0 aromatic heterocycles. The van der Waals surface area contributed by atoms with Crippen molar-refractivity contribution in [2.24, 2.45) is 0 Å². The lowest BCUT2D eigenvalue weighted by atomic mass is 10.1. The first-order chi connectivity index (χ1) is 9.97. The number of benzene rings is 1. The van der Waals surface area contributed by atoms with E-state index in [1.165, 1.54) is 16.4 Å². The molecule has 1 aromatic rings. The molecule has 1 unspecified atom stereocenters. The first-order valence-electron chi connectivity index (χ1n) is 6.85. The molecule has 1 aromatic carbocycles. The lowest BCUT2D eigenvalue weighted by molar-refractivity contribution is 0.162. The molecule has 1 atom stereocenters. The van der Waals surface area contributed by atoms with Gasteiger partial charge in [0.05, 0.1) is 11.8 Å². The summed E-state index contributed by atoms with van der Waals surface area (Å²) in [6.45, 7) is 3.38. The van der Waals surface area contributed by atoms with Gasteiger partial charge in [-0.15, -0.1) is 0 Å². The number of nitrogens with zero attached hydrogens (tertiary/aromatic N) is 3. The molecule has 5 nitrogen and oxygen atoms in total. The van der Waals surface area contributed by atoms with Gasteiger partial charge in [0.25, 0.3) is 0 Å². The Hall–Kier alpha value is -1.49. The quantitative estimate of drug-likeness (QED) is 0.842. The molecule has 0 amide bonds. The van der Waals surface area contributed by atoms with Gasteiger partial charge in [0.1, 0.15) is 11.9 Å². The van der Waals surface area contributed by atoms with Gasteiger partial charge in [-0.1, -0.05) is 12.1 Å². The normalized spacial score (nSPS) is 19.1. The summed E-state index contributed by atoms with van der Waals surface area (Å²) in [5.41, 5.74) is 0.727. The molecule has 7 heteroatoms. The van der Waals surface area contributed by atoms with Gasteiger partial charge in [-0.3, -0.25) is 4.90 Å². The lowest BCUT2D eigenvalue weighted by Gasteiger charge is -2.36. The molecule has 1 aliphatic heterocycles. The van der Waals surface area contributed by atoms with Crippen LogP contribution in [0.2, 0.25) is 0 Å². The van der Waals surface area contributed by atoms with Gasteiger partial charge in [0, 0.05) is 26.2 Å². The first kappa shape index (κ1) is 15.9. The van der Waals surface area contributed by atoms with Crippen LogP contribution in [-0.2, 0) is 10.0 Å². The summed E-state index contributed by atoms with van der Waals surface area (Å²) in [6.07, 6.45) is 0. The van der Waals surface area contributed by atoms with Gasteiger partial charge in [-0.2, -0.15) is 9.57 Å². The summed E-state index contributed by atoms with van der Waals surface area (Å²) in [7, 11) is -3.17. The number of hydrogen-bond donors (Lipinski definition) is 0. The van der Waals surface area contributed by atoms with Gasteiger partial charge < -0.3 is 0 Å². The van der Waals surface area contributed by atoms with Crippen molar-refractivity contribution in [3.8, 4) is 6.07 Å². The molecule has 1 saturated heterocycles. The maximum absolute atomic E-state index is 12.9. The molecule has 0 aliphatic carbocycles. The summed E-state index contributed by atoms with van der Waals surface area (Å²) >= 11 is 0. The molecule has 0 radical (unpaired) electrons. The number of sulfonamides is 1. The van der Waals surface area contributed by atoms with E-state index in [9.17, 15) is 18.1 Å². The van der Waals surface area contributed by atoms with E-state index in [4.69, 9.17) is 0 Å². The summed E-state index contributed by atoms with van der Waals surface area (Å²) in [5, 5.41) is 9.36. The second-order valence-corrected chi connectivity index (χ2v) is 7.18. The highest BCUT2D eigenvalue weighted by Crippen LogP contribution is 2.22. The van der Waals surface area contributed by atoms with Crippen molar-refractivity contribution in [1.29, 1.82) is 5.26 Å². The van der Waals surface area contributed by atoms with Crippen molar-refractivity contribution < 1.29 is 12.8 Å². The molecule has 1 aliphatic rings. The van der Waals surface area contributed by atoms with Crippen molar-refractivity contribution in [3.05, 3.63) is 35.6 Å². The number of piperazine rings is 1. The SMILES string of the molecule is CCS(=O)(=O)N1CCN(C(C#N)c2ccc(F)cc2)CC1. The molecule has 0 saturated carbocycles. The van der Waals surface area contributed by atoms with Crippen LogP contribution in [0.5, 0.6) is 0 Å². The van der Waals surface area contributed by atoms with E-state index in [1.807, 2.05) is 4.90 Å². The van der Waals surface area contributed by atoms with Crippen LogP contribution in [0.3, 0.4) is 0 Å². The molecule has 0 N–H and O–H groups in total. The summed E-state index contributed by atoms with van der Waals surface area (Å²) in [6, 6.07) is 7.59. The number of halogens is 1. The summed E-state index contributed by atoms with van der Waals surface area (Å²) < 4.78 is 38.0. The lowest BCUT2D eigenvalue weighted by Crippen LogP contribution is -2.49. The third-order valence-electron chi connectivity index (χ3n) is 3.70. The van der Waals surface area contributed by atoms with E-state index >= 15 is 0 Å². The van der Waals surface area contributed by atoms with Crippen LogP contribution in [0, 0.1) is 17.1 Å². The van der Waals surface area contributed by atoms with Gasteiger partial charge in [0.15, 0.2) is 0 Å². The van der Waals surface area contributed by atoms with Crippen LogP contribution >= 0.6 is 0 Å². The third kappa shape index (κ3) is 3.59. The standard InChI is InChI=1S/C14H18FN3O2S/c1-2-21(19,20)18-9-7-17(8-10-18)14(11-16)12-3-5-13(15)6-4-12/h3-6,14H,2,7-10H2,1H3. The Balaban J connectivity index is 2.07. The van der Waals surface area contributed by atoms with Crippen molar-refractivity contribution in [3.63, 3.8) is 0 Å². The molecular formula is C14H18FN3O2S. The second kappa shape index (κ2) is 6.52. The molecule has 1 heterocycles. The Bertz CT molecular complexity index is 617. The van der Waals surface area contributed by atoms with Crippen LogP contribution in [0.15, 0.2) is 24.3 Å². The van der Waals surface area contributed by atoms with Gasteiger partial charge >= 0.3 is 0 Å². The maximum Gasteiger partial charge on any atom is 0.213 e. The van der Waals surface area contributed by atoms with Crippen LogP contribution in [0.25, 0.3) is 0 Å². The Morgan fingerprint density at radius 2 is 1.81 bits per heavy atom. The van der Waals surface area contributed by atoms with Gasteiger partial charge in [-0.25, -0.2) is 12.8 Å². The number of nitriles is 1.